The van der Waals surface area contributed by atoms with Crippen molar-refractivity contribution in [2.75, 3.05) is 6.61 Å². The molecule has 0 bridgehead atoms. The number of aryl methyl sites for hydroxylation is 1. The number of epoxide rings is 1. The summed E-state index contributed by atoms with van der Waals surface area (Å²) in [5, 5.41) is 0. The molecule has 38 heavy (non-hydrogen) atoms. The van der Waals surface area contributed by atoms with Crippen LogP contribution in [-0.4, -0.2) is 6.61 Å². The van der Waals surface area contributed by atoms with Crippen molar-refractivity contribution in [2.24, 2.45) is 0 Å². The highest BCUT2D eigenvalue weighted by Crippen LogP contribution is 2.41. The summed E-state index contributed by atoms with van der Waals surface area (Å²) in [6, 6.07) is 21.9. The van der Waals surface area contributed by atoms with Gasteiger partial charge >= 0.3 is 6.11 Å². The van der Waals surface area contributed by atoms with E-state index in [1.54, 1.807) is 24.3 Å². The number of benzene rings is 4. The predicted molar refractivity (Wildman–Crippen MR) is 136 cm³/mol. The summed E-state index contributed by atoms with van der Waals surface area (Å²) in [5.41, 5.74) is 2.12. The normalized spacial score (nSPS) is 15.1. The van der Waals surface area contributed by atoms with Gasteiger partial charge in [-0.3, -0.25) is 0 Å². The van der Waals surface area contributed by atoms with E-state index in [1.807, 2.05) is 24.3 Å². The van der Waals surface area contributed by atoms with Crippen molar-refractivity contribution < 1.29 is 31.4 Å². The first-order chi connectivity index (χ1) is 18.3. The summed E-state index contributed by atoms with van der Waals surface area (Å²) >= 11 is 0. The minimum absolute atomic E-state index is 0.0102. The average Bonchev–Trinajstić information content (AvgIpc) is 3.75. The molecule has 1 unspecified atom stereocenters. The third-order valence-corrected chi connectivity index (χ3v) is 6.57. The van der Waals surface area contributed by atoms with Crippen molar-refractivity contribution in [3.63, 3.8) is 0 Å². The van der Waals surface area contributed by atoms with Crippen LogP contribution < -0.4 is 4.74 Å². The van der Waals surface area contributed by atoms with Gasteiger partial charge in [-0.1, -0.05) is 74.0 Å². The zero-order valence-corrected chi connectivity index (χ0v) is 20.6. The van der Waals surface area contributed by atoms with E-state index in [4.69, 9.17) is 9.47 Å². The van der Waals surface area contributed by atoms with Gasteiger partial charge in [0.25, 0.3) is 6.43 Å². The fourth-order valence-corrected chi connectivity index (χ4v) is 4.41. The molecule has 0 radical (unpaired) electrons. The molecule has 0 aromatic heterocycles. The van der Waals surface area contributed by atoms with Gasteiger partial charge in [0.05, 0.1) is 17.7 Å². The summed E-state index contributed by atoms with van der Waals surface area (Å²) in [5.74, 6) is -2.21. The first-order valence-corrected chi connectivity index (χ1v) is 12.4. The van der Waals surface area contributed by atoms with Gasteiger partial charge in [0.1, 0.15) is 17.7 Å². The van der Waals surface area contributed by atoms with Crippen LogP contribution in [0.1, 0.15) is 48.1 Å². The van der Waals surface area contributed by atoms with Crippen molar-refractivity contribution >= 4 is 0 Å². The van der Waals surface area contributed by atoms with Crippen LogP contribution in [0.2, 0.25) is 0 Å². The maximum absolute atomic E-state index is 15.2. The predicted octanol–water partition coefficient (Wildman–Crippen LogP) is 9.25. The van der Waals surface area contributed by atoms with Crippen molar-refractivity contribution in [1.82, 2.24) is 0 Å². The zero-order chi connectivity index (χ0) is 26.9. The summed E-state index contributed by atoms with van der Waals surface area (Å²) in [6.45, 7) is 2.68. The van der Waals surface area contributed by atoms with Crippen LogP contribution in [-0.2, 0) is 17.3 Å². The highest BCUT2D eigenvalue weighted by molar-refractivity contribution is 5.67. The smallest absolute Gasteiger partial charge is 0.426 e. The highest BCUT2D eigenvalue weighted by Gasteiger charge is 2.37. The SMILES string of the molecule is CCCc1ccc(-c2ccc(C(F)(F)Oc3ccc(-c4ccc(C5CO5)cc4)c(F)c3C(F)F)cc2)cc1. The monoisotopic (exact) mass is 524 g/mol. The standard InChI is InChI=1S/C31H25F5O2/c1-2-3-19-4-6-20(7-5-19)21-12-14-24(15-13-21)31(35,36)38-26-17-16-25(29(32)28(26)30(33)34)22-8-10-23(11-9-22)27-18-37-27/h4-17,27,30H,2-3,18H2,1H3. The van der Waals surface area contributed by atoms with E-state index in [0.717, 1.165) is 35.6 Å². The molecule has 0 amide bonds. The molecule has 1 aliphatic rings. The number of alkyl halides is 4. The van der Waals surface area contributed by atoms with Crippen molar-refractivity contribution in [3.05, 3.63) is 113 Å². The van der Waals surface area contributed by atoms with Gasteiger partial charge in [0, 0.05) is 5.56 Å². The van der Waals surface area contributed by atoms with E-state index >= 15 is 13.2 Å². The van der Waals surface area contributed by atoms with Crippen LogP contribution in [0, 0.1) is 5.82 Å². The Labute approximate surface area is 217 Å². The molecule has 196 valence electrons. The molecule has 4 aromatic rings. The lowest BCUT2D eigenvalue weighted by atomic mass is 9.99. The summed E-state index contributed by atoms with van der Waals surface area (Å²) in [7, 11) is 0. The minimum Gasteiger partial charge on any atom is -0.428 e. The topological polar surface area (TPSA) is 21.8 Å². The highest BCUT2D eigenvalue weighted by atomic mass is 19.3. The minimum atomic E-state index is -3.97. The fourth-order valence-electron chi connectivity index (χ4n) is 4.41. The molecule has 1 heterocycles. The average molecular weight is 525 g/mol. The summed E-state index contributed by atoms with van der Waals surface area (Å²) in [4.78, 5) is 0. The van der Waals surface area contributed by atoms with Gasteiger partial charge in [-0.2, -0.15) is 8.78 Å². The van der Waals surface area contributed by atoms with Crippen molar-refractivity contribution in [1.29, 1.82) is 0 Å². The maximum Gasteiger partial charge on any atom is 0.426 e. The van der Waals surface area contributed by atoms with E-state index in [1.165, 1.54) is 35.9 Å². The number of rotatable bonds is 9. The zero-order valence-electron chi connectivity index (χ0n) is 20.6. The summed E-state index contributed by atoms with van der Waals surface area (Å²) in [6.07, 6.45) is -5.37. The Kier molecular flexibility index (Phi) is 7.21. The lowest BCUT2D eigenvalue weighted by Gasteiger charge is -2.21. The Hall–Kier alpha value is -3.71. The molecule has 0 saturated carbocycles. The fraction of sp³-hybridized carbons (Fsp3) is 0.226. The second kappa shape index (κ2) is 10.6. The van der Waals surface area contributed by atoms with E-state index in [2.05, 4.69) is 6.92 Å². The lowest BCUT2D eigenvalue weighted by molar-refractivity contribution is -0.186. The van der Waals surface area contributed by atoms with Crippen LogP contribution in [0.15, 0.2) is 84.9 Å². The summed E-state index contributed by atoms with van der Waals surface area (Å²) < 4.78 is 83.0. The first kappa shape index (κ1) is 25.9. The first-order valence-electron chi connectivity index (χ1n) is 12.4. The molecule has 4 aromatic carbocycles. The van der Waals surface area contributed by atoms with Gasteiger partial charge in [0.2, 0.25) is 0 Å². The Bertz CT molecular complexity index is 1390. The van der Waals surface area contributed by atoms with Crippen molar-refractivity contribution in [3.8, 4) is 28.0 Å². The number of hydrogen-bond acceptors (Lipinski definition) is 2. The van der Waals surface area contributed by atoms with Crippen LogP contribution in [0.25, 0.3) is 22.3 Å². The van der Waals surface area contributed by atoms with Crippen LogP contribution >= 0.6 is 0 Å². The number of halogens is 5. The van der Waals surface area contributed by atoms with E-state index in [0.29, 0.717) is 12.2 Å². The molecule has 1 fully saturated rings. The van der Waals surface area contributed by atoms with Crippen LogP contribution in [0.3, 0.4) is 0 Å². The molecule has 1 saturated heterocycles. The molecule has 2 nitrogen and oxygen atoms in total. The van der Waals surface area contributed by atoms with E-state index < -0.39 is 35.2 Å². The molecule has 7 heteroatoms. The van der Waals surface area contributed by atoms with Gasteiger partial charge in [-0.15, -0.1) is 0 Å². The van der Waals surface area contributed by atoms with Crippen LogP contribution in [0.5, 0.6) is 5.75 Å². The molecule has 0 N–H and O–H groups in total. The quantitative estimate of drug-likeness (QED) is 0.161. The second-order valence-electron chi connectivity index (χ2n) is 9.23. The molecule has 0 spiro atoms. The third kappa shape index (κ3) is 5.43. The Morgan fingerprint density at radius 1 is 0.842 bits per heavy atom. The molecule has 5 rings (SSSR count). The molecular weight excluding hydrogens is 499 g/mol. The van der Waals surface area contributed by atoms with E-state index in [-0.39, 0.29) is 11.7 Å². The van der Waals surface area contributed by atoms with Crippen molar-refractivity contribution in [2.45, 2.75) is 38.4 Å². The number of hydrogen-bond donors (Lipinski definition) is 0. The molecule has 1 atom stereocenters. The van der Waals surface area contributed by atoms with Gasteiger partial charge in [-0.05, 0) is 58.5 Å². The molecular formula is C31H25F5O2. The third-order valence-electron chi connectivity index (χ3n) is 6.57. The van der Waals surface area contributed by atoms with Gasteiger partial charge < -0.3 is 9.47 Å². The second-order valence-corrected chi connectivity index (χ2v) is 9.23. The molecule has 1 aliphatic heterocycles. The van der Waals surface area contributed by atoms with Gasteiger partial charge in [0.15, 0.2) is 0 Å². The largest absolute Gasteiger partial charge is 0.428 e. The number of ether oxygens (including phenoxy) is 2. The molecule has 0 aliphatic carbocycles. The Morgan fingerprint density at radius 2 is 1.42 bits per heavy atom. The maximum atomic E-state index is 15.2. The van der Waals surface area contributed by atoms with E-state index in [9.17, 15) is 8.78 Å². The Morgan fingerprint density at radius 3 is 1.97 bits per heavy atom. The Balaban J connectivity index is 1.38. The lowest BCUT2D eigenvalue weighted by Crippen LogP contribution is -2.23. The van der Waals surface area contributed by atoms with Gasteiger partial charge in [-0.25, -0.2) is 13.2 Å². The van der Waals surface area contributed by atoms with Crippen LogP contribution in [0.4, 0.5) is 22.0 Å².